The fraction of sp³-hybridized carbons (Fsp3) is 0.611. The molecular weight excluding hydrogens is 520 g/mol. The first kappa shape index (κ1) is 29.2. The lowest BCUT2D eigenvalue weighted by Crippen LogP contribution is -2.45. The van der Waals surface area contributed by atoms with Gasteiger partial charge < -0.3 is 14.2 Å². The summed E-state index contributed by atoms with van der Waals surface area (Å²) < 4.78 is 8.68. The third kappa shape index (κ3) is 5.71. The van der Waals surface area contributed by atoms with Gasteiger partial charge in [-0.2, -0.15) is 0 Å². The molecule has 6 rings (SSSR count). The normalized spacial score (nSPS) is 23.7. The summed E-state index contributed by atoms with van der Waals surface area (Å²) in [6, 6.07) is 16.7. The molecular formula is C36H50N4O2. The van der Waals surface area contributed by atoms with Gasteiger partial charge in [0.2, 0.25) is 0 Å². The molecule has 0 saturated carbocycles. The number of para-hydroxylation sites is 2. The van der Waals surface area contributed by atoms with E-state index in [1.807, 2.05) is 46.8 Å². The van der Waals surface area contributed by atoms with Crippen LogP contribution in [0, 0.1) is 18.3 Å². The molecule has 3 aliphatic heterocycles. The zero-order chi connectivity index (χ0) is 29.6. The van der Waals surface area contributed by atoms with Gasteiger partial charge in [-0.25, -0.2) is 4.98 Å². The Bertz CT molecular complexity index is 1400. The highest BCUT2D eigenvalue weighted by Crippen LogP contribution is 2.43. The lowest BCUT2D eigenvalue weighted by Gasteiger charge is -2.41. The zero-order valence-corrected chi connectivity index (χ0v) is 26.6. The second-order valence-electron chi connectivity index (χ2n) is 14.4. The quantitative estimate of drug-likeness (QED) is 0.258. The fourth-order valence-corrected chi connectivity index (χ4v) is 7.98. The number of hydrogen-bond acceptors (Lipinski definition) is 5. The maximum absolute atomic E-state index is 13.6. The minimum absolute atomic E-state index is 0.0289. The van der Waals surface area contributed by atoms with E-state index < -0.39 is 5.41 Å². The molecule has 0 N–H and O–H groups in total. The molecule has 3 aliphatic rings. The Kier molecular flexibility index (Phi) is 8.12. The summed E-state index contributed by atoms with van der Waals surface area (Å²) in [5.74, 6) is 2.79. The highest BCUT2D eigenvalue weighted by Gasteiger charge is 2.42. The van der Waals surface area contributed by atoms with Crippen molar-refractivity contribution in [3.8, 4) is 5.75 Å². The number of ether oxygens (including phenoxy) is 1. The molecule has 6 heteroatoms. The topological polar surface area (TPSA) is 50.6 Å². The molecule has 0 aliphatic carbocycles. The number of anilines is 1. The average Bonchev–Trinajstić information content (AvgIpc) is 3.41. The first-order valence-electron chi connectivity index (χ1n) is 16.4. The van der Waals surface area contributed by atoms with E-state index in [4.69, 9.17) is 9.72 Å². The van der Waals surface area contributed by atoms with Crippen LogP contribution < -0.4 is 9.64 Å². The van der Waals surface area contributed by atoms with Crippen molar-refractivity contribution in [3.63, 3.8) is 0 Å². The van der Waals surface area contributed by atoms with E-state index in [0.717, 1.165) is 47.3 Å². The Morgan fingerprint density at radius 2 is 1.64 bits per heavy atom. The van der Waals surface area contributed by atoms with Crippen LogP contribution in [0.5, 0.6) is 5.75 Å². The summed E-state index contributed by atoms with van der Waals surface area (Å²) in [5.41, 5.74) is 3.78. The van der Waals surface area contributed by atoms with Crippen molar-refractivity contribution in [2.24, 2.45) is 11.3 Å². The number of aromatic nitrogens is 2. The average molecular weight is 571 g/mol. The van der Waals surface area contributed by atoms with Crippen molar-refractivity contribution in [1.29, 1.82) is 0 Å². The molecule has 4 heterocycles. The van der Waals surface area contributed by atoms with Crippen molar-refractivity contribution < 1.29 is 9.53 Å². The number of nitrogens with zero attached hydrogens (tertiary/aromatic N) is 4. The van der Waals surface area contributed by atoms with E-state index >= 15 is 0 Å². The molecule has 42 heavy (non-hydrogen) atoms. The van der Waals surface area contributed by atoms with Crippen LogP contribution >= 0.6 is 0 Å². The summed E-state index contributed by atoms with van der Waals surface area (Å²) in [4.78, 5) is 23.8. The molecule has 3 fully saturated rings. The Morgan fingerprint density at radius 3 is 2.31 bits per heavy atom. The SMILES string of the molecule is Cc1nc2ccccc2n1C1C[C@H]2CC[C@@H](C1)N2CCC1CCN(c2cccc(OC(C)C)c2C(=O)C(C)(C)C)CC1. The fourth-order valence-electron chi connectivity index (χ4n) is 7.98. The highest BCUT2D eigenvalue weighted by molar-refractivity contribution is 6.07. The first-order valence-corrected chi connectivity index (χ1v) is 16.4. The molecule has 6 nitrogen and oxygen atoms in total. The van der Waals surface area contributed by atoms with Gasteiger partial charge in [-0.1, -0.05) is 39.0 Å². The van der Waals surface area contributed by atoms with E-state index in [9.17, 15) is 4.79 Å². The third-order valence-corrected chi connectivity index (χ3v) is 10.0. The summed E-state index contributed by atoms with van der Waals surface area (Å²) in [5, 5.41) is 0. The molecule has 226 valence electrons. The number of benzene rings is 2. The van der Waals surface area contributed by atoms with Gasteiger partial charge in [-0.15, -0.1) is 0 Å². The number of hydrogen-bond donors (Lipinski definition) is 0. The van der Waals surface area contributed by atoms with Gasteiger partial charge in [-0.3, -0.25) is 9.69 Å². The van der Waals surface area contributed by atoms with Gasteiger partial charge in [0.25, 0.3) is 0 Å². The van der Waals surface area contributed by atoms with Crippen LogP contribution in [0.1, 0.15) is 102 Å². The smallest absolute Gasteiger partial charge is 0.173 e. The lowest BCUT2D eigenvalue weighted by molar-refractivity contribution is 0.0852. The van der Waals surface area contributed by atoms with Gasteiger partial charge >= 0.3 is 0 Å². The molecule has 3 aromatic rings. The number of aryl methyl sites for hydroxylation is 1. The summed E-state index contributed by atoms with van der Waals surface area (Å²) in [7, 11) is 0. The number of carbonyl (C=O) groups excluding carboxylic acids is 1. The maximum Gasteiger partial charge on any atom is 0.173 e. The zero-order valence-electron chi connectivity index (χ0n) is 26.6. The van der Waals surface area contributed by atoms with Crippen molar-refractivity contribution in [2.45, 2.75) is 111 Å². The Labute approximate surface area is 252 Å². The number of imidazole rings is 1. The Balaban J connectivity index is 1.08. The molecule has 0 radical (unpaired) electrons. The van der Waals surface area contributed by atoms with Crippen molar-refractivity contribution in [2.75, 3.05) is 24.5 Å². The Hall–Kier alpha value is -2.86. The number of Topliss-reactive ketones (excluding diaryl/α,β-unsaturated/α-hetero) is 1. The first-order chi connectivity index (χ1) is 20.1. The number of fused-ring (bicyclic) bond motifs is 3. The van der Waals surface area contributed by atoms with E-state index in [0.29, 0.717) is 18.1 Å². The number of carbonyl (C=O) groups is 1. The van der Waals surface area contributed by atoms with E-state index in [1.165, 1.54) is 57.0 Å². The number of rotatable bonds is 8. The van der Waals surface area contributed by atoms with Crippen LogP contribution in [0.4, 0.5) is 5.69 Å². The van der Waals surface area contributed by atoms with Crippen LogP contribution in [0.2, 0.25) is 0 Å². The predicted molar refractivity (Wildman–Crippen MR) is 172 cm³/mol. The van der Waals surface area contributed by atoms with E-state index in [2.05, 4.69) is 51.6 Å². The number of piperidine rings is 2. The summed E-state index contributed by atoms with van der Waals surface area (Å²) in [6.07, 6.45) is 8.85. The van der Waals surface area contributed by atoms with Crippen LogP contribution in [0.3, 0.4) is 0 Å². The minimum Gasteiger partial charge on any atom is -0.490 e. The molecule has 3 saturated heterocycles. The number of ketones is 1. The predicted octanol–water partition coefficient (Wildman–Crippen LogP) is 7.84. The largest absolute Gasteiger partial charge is 0.490 e. The van der Waals surface area contributed by atoms with E-state index in [-0.39, 0.29) is 11.9 Å². The second kappa shape index (κ2) is 11.7. The third-order valence-electron chi connectivity index (χ3n) is 10.0. The van der Waals surface area contributed by atoms with Crippen LogP contribution in [0.25, 0.3) is 11.0 Å². The summed E-state index contributed by atoms with van der Waals surface area (Å²) >= 11 is 0. The molecule has 0 amide bonds. The monoisotopic (exact) mass is 570 g/mol. The van der Waals surface area contributed by atoms with Crippen LogP contribution in [-0.2, 0) is 0 Å². The summed E-state index contributed by atoms with van der Waals surface area (Å²) in [6.45, 7) is 15.5. The van der Waals surface area contributed by atoms with Gasteiger partial charge in [0.1, 0.15) is 11.6 Å². The lowest BCUT2D eigenvalue weighted by atomic mass is 9.84. The van der Waals surface area contributed by atoms with Crippen molar-refractivity contribution >= 4 is 22.5 Å². The van der Waals surface area contributed by atoms with Crippen LogP contribution in [0.15, 0.2) is 42.5 Å². The van der Waals surface area contributed by atoms with Gasteiger partial charge in [-0.05, 0) is 102 Å². The van der Waals surface area contributed by atoms with Crippen molar-refractivity contribution in [3.05, 3.63) is 53.9 Å². The van der Waals surface area contributed by atoms with Gasteiger partial charge in [0.05, 0.1) is 28.4 Å². The van der Waals surface area contributed by atoms with Gasteiger partial charge in [0, 0.05) is 36.6 Å². The van der Waals surface area contributed by atoms with E-state index in [1.54, 1.807) is 0 Å². The Morgan fingerprint density at radius 1 is 0.952 bits per heavy atom. The minimum atomic E-state index is -0.458. The maximum atomic E-state index is 13.6. The highest BCUT2D eigenvalue weighted by atomic mass is 16.5. The second-order valence-corrected chi connectivity index (χ2v) is 14.4. The molecule has 0 spiro atoms. The van der Waals surface area contributed by atoms with Crippen LogP contribution in [-0.4, -0.2) is 58.1 Å². The molecule has 2 bridgehead atoms. The molecule has 3 atom stereocenters. The molecule has 1 aromatic heterocycles. The molecule has 1 unspecified atom stereocenters. The standard InChI is InChI=1S/C36H50N4O2/c1-24(2)42-33-13-9-12-32(34(33)35(41)36(4,5)6)38-19-16-26(17-20-38)18-21-39-27-14-15-28(39)23-29(22-27)40-25(3)37-30-10-7-8-11-31(30)40/h7-13,24,26-29H,14-23H2,1-6H3/t27-,28+,29?. The van der Waals surface area contributed by atoms with Crippen molar-refractivity contribution in [1.82, 2.24) is 14.5 Å². The van der Waals surface area contributed by atoms with Gasteiger partial charge in [0.15, 0.2) is 5.78 Å². The molecule has 2 aromatic carbocycles.